The molecule has 0 saturated carbocycles. The Morgan fingerprint density at radius 2 is 1.57 bits per heavy atom. The van der Waals surface area contributed by atoms with E-state index < -0.39 is 0 Å². The SMILES string of the molecule is CC(=O)CN(C)CN(C)C.[I][V]([I])[I]. The van der Waals surface area contributed by atoms with Crippen molar-refractivity contribution in [1.29, 1.82) is 0 Å². The monoisotopic (exact) mass is 576 g/mol. The van der Waals surface area contributed by atoms with Crippen molar-refractivity contribution in [3.05, 3.63) is 0 Å². The van der Waals surface area contributed by atoms with E-state index in [1.807, 2.05) is 30.9 Å². The van der Waals surface area contributed by atoms with Crippen molar-refractivity contribution in [2.24, 2.45) is 0 Å². The van der Waals surface area contributed by atoms with Crippen LogP contribution in [0.15, 0.2) is 0 Å². The van der Waals surface area contributed by atoms with Gasteiger partial charge in [-0.1, -0.05) is 0 Å². The Morgan fingerprint density at radius 1 is 1.21 bits per heavy atom. The van der Waals surface area contributed by atoms with Crippen LogP contribution < -0.4 is 0 Å². The molecular weight excluding hydrogens is 560 g/mol. The van der Waals surface area contributed by atoms with Crippen LogP contribution in [0, 0.1) is 0 Å². The van der Waals surface area contributed by atoms with E-state index in [4.69, 9.17) is 0 Å². The summed E-state index contributed by atoms with van der Waals surface area (Å²) < 4.78 is 0. The second-order valence-corrected chi connectivity index (χ2v) is 38.5. The normalized spacial score (nSPS) is 10.4. The van der Waals surface area contributed by atoms with Gasteiger partial charge >= 0.3 is 64.9 Å². The van der Waals surface area contributed by atoms with Gasteiger partial charge in [0.05, 0.1) is 13.2 Å². The first-order chi connectivity index (χ1) is 6.25. The van der Waals surface area contributed by atoms with E-state index in [0.29, 0.717) is 6.54 Å². The van der Waals surface area contributed by atoms with E-state index >= 15 is 0 Å². The Labute approximate surface area is 124 Å². The summed E-state index contributed by atoms with van der Waals surface area (Å²) in [6.07, 6.45) is 0. The van der Waals surface area contributed by atoms with Gasteiger partial charge in [-0.25, -0.2) is 0 Å². The van der Waals surface area contributed by atoms with Gasteiger partial charge in [0.15, 0.2) is 0 Å². The van der Waals surface area contributed by atoms with Crippen LogP contribution >= 0.6 is 59.9 Å². The second-order valence-electron chi connectivity index (χ2n) is 3.13. The van der Waals surface area contributed by atoms with Crippen molar-refractivity contribution < 1.29 is 9.72 Å². The Balaban J connectivity index is 0. The Morgan fingerprint density at radius 3 is 1.79 bits per heavy atom. The molecule has 0 amide bonds. The number of halogens is 3. The van der Waals surface area contributed by atoms with E-state index in [9.17, 15) is 4.79 Å². The number of hydrogen-bond donors (Lipinski definition) is 0. The first kappa shape index (κ1) is 18.7. The quantitative estimate of drug-likeness (QED) is 0.381. The molecule has 0 aromatic heterocycles. The van der Waals surface area contributed by atoms with E-state index in [1.165, 1.54) is 0 Å². The minimum atomic E-state index is -0.278. The van der Waals surface area contributed by atoms with Crippen LogP contribution in [0.2, 0.25) is 0 Å². The topological polar surface area (TPSA) is 23.6 Å². The van der Waals surface area contributed by atoms with Crippen LogP contribution in [-0.4, -0.2) is 49.9 Å². The first-order valence-corrected chi connectivity index (χ1v) is 17.4. The van der Waals surface area contributed by atoms with Crippen LogP contribution in [0.4, 0.5) is 0 Å². The molecule has 3 nitrogen and oxygen atoms in total. The van der Waals surface area contributed by atoms with Gasteiger partial charge < -0.3 is 0 Å². The van der Waals surface area contributed by atoms with Crippen LogP contribution in [0.1, 0.15) is 6.92 Å². The summed E-state index contributed by atoms with van der Waals surface area (Å²) in [6, 6.07) is 0. The summed E-state index contributed by atoms with van der Waals surface area (Å²) >= 11 is 7.39. The third-order valence-electron chi connectivity index (χ3n) is 1.02. The number of carbonyl (C=O) groups is 1. The fraction of sp³-hybridized carbons (Fsp3) is 0.857. The van der Waals surface area contributed by atoms with Gasteiger partial charge in [-0.2, -0.15) is 0 Å². The molecule has 0 aliphatic rings. The number of Topliss-reactive ketones (excluding diaryl/α,β-unsaturated/α-hetero) is 1. The van der Waals surface area contributed by atoms with Crippen molar-refractivity contribution in [3.63, 3.8) is 0 Å². The zero-order chi connectivity index (χ0) is 11.7. The number of nitrogens with zero attached hydrogens (tertiary/aromatic N) is 2. The molecule has 0 aromatic rings. The van der Waals surface area contributed by atoms with Gasteiger partial charge in [0.2, 0.25) is 0 Å². The zero-order valence-corrected chi connectivity index (χ0v) is 16.7. The molecule has 86 valence electrons. The average Bonchev–Trinajstić information content (AvgIpc) is 1.79. The number of rotatable bonds is 4. The van der Waals surface area contributed by atoms with Gasteiger partial charge in [-0.3, -0.25) is 14.6 Å². The summed E-state index contributed by atoms with van der Waals surface area (Å²) in [5.74, 6) is 0.212. The predicted octanol–water partition coefficient (Wildman–Crippen LogP) is 2.68. The number of likely N-dealkylation sites (N-methyl/N-ethyl adjacent to an activating group) is 1. The summed E-state index contributed by atoms with van der Waals surface area (Å²) in [4.78, 5) is 14.3. The van der Waals surface area contributed by atoms with Crippen molar-refractivity contribution >= 4 is 65.7 Å². The molecule has 0 N–H and O–H groups in total. The van der Waals surface area contributed by atoms with Crippen LogP contribution in [0.25, 0.3) is 0 Å². The van der Waals surface area contributed by atoms with E-state index in [-0.39, 0.29) is 10.7 Å². The maximum absolute atomic E-state index is 10.6. The van der Waals surface area contributed by atoms with E-state index in [2.05, 4.69) is 59.9 Å². The molecule has 0 heterocycles. The Kier molecular flexibility index (Phi) is 15.8. The average molecular weight is 576 g/mol. The molecule has 7 heteroatoms. The van der Waals surface area contributed by atoms with Gasteiger partial charge in [0.1, 0.15) is 5.78 Å². The summed E-state index contributed by atoms with van der Waals surface area (Å²) in [6.45, 7) is 2.98. The van der Waals surface area contributed by atoms with Gasteiger partial charge in [-0.05, 0) is 28.1 Å². The fourth-order valence-electron chi connectivity index (χ4n) is 0.913. The first-order valence-electron chi connectivity index (χ1n) is 3.86. The van der Waals surface area contributed by atoms with Crippen molar-refractivity contribution in [3.8, 4) is 0 Å². The van der Waals surface area contributed by atoms with Crippen LogP contribution in [0.5, 0.6) is 0 Å². The molecule has 0 spiro atoms. The third-order valence-corrected chi connectivity index (χ3v) is 1.02. The van der Waals surface area contributed by atoms with E-state index in [0.717, 1.165) is 6.67 Å². The molecule has 0 rings (SSSR count). The molecule has 0 saturated heterocycles. The minimum absolute atomic E-state index is 0.212. The van der Waals surface area contributed by atoms with Crippen molar-refractivity contribution in [2.45, 2.75) is 6.92 Å². The molecule has 0 aliphatic heterocycles. The molecule has 14 heavy (non-hydrogen) atoms. The van der Waals surface area contributed by atoms with Gasteiger partial charge in [0.25, 0.3) is 0 Å². The molecular formula is C7H16I3N2OV. The van der Waals surface area contributed by atoms with Gasteiger partial charge in [0, 0.05) is 0 Å². The van der Waals surface area contributed by atoms with E-state index in [1.54, 1.807) is 6.92 Å². The van der Waals surface area contributed by atoms with Crippen molar-refractivity contribution in [2.75, 3.05) is 34.4 Å². The molecule has 0 aromatic carbocycles. The summed E-state index contributed by atoms with van der Waals surface area (Å²) in [7, 11) is 5.90. The molecule has 0 bridgehead atoms. The maximum atomic E-state index is 10.6. The Hall–Kier alpha value is 2.36. The molecule has 0 fully saturated rings. The summed E-state index contributed by atoms with van der Waals surface area (Å²) in [5.41, 5.74) is 0. The summed E-state index contributed by atoms with van der Waals surface area (Å²) in [5, 5.41) is 0. The fourth-order valence-corrected chi connectivity index (χ4v) is 0.913. The van der Waals surface area contributed by atoms with Crippen LogP contribution in [-0.2, 0) is 9.72 Å². The number of ketones is 1. The second kappa shape index (κ2) is 11.8. The van der Waals surface area contributed by atoms with Crippen molar-refractivity contribution in [1.82, 2.24) is 9.80 Å². The molecule has 0 aliphatic carbocycles. The zero-order valence-electron chi connectivity index (χ0n) is 8.80. The molecule has 0 atom stereocenters. The third kappa shape index (κ3) is 23.9. The Bertz CT molecular complexity index is 155. The van der Waals surface area contributed by atoms with Crippen LogP contribution in [0.3, 0.4) is 0 Å². The molecule has 0 radical (unpaired) electrons. The standard InChI is InChI=1S/C7H16N2O.3HI.V/c1-7(10)5-9(4)6-8(2)3;;;;/h5-6H2,1-4H3;3*1H;/q;;;;+3/p-3. The van der Waals surface area contributed by atoms with Gasteiger partial charge in [-0.15, -0.1) is 0 Å². The predicted molar refractivity (Wildman–Crippen MR) is 83.9 cm³/mol. The molecule has 0 unspecified atom stereocenters. The number of hydrogen-bond acceptors (Lipinski definition) is 3. The number of carbonyl (C=O) groups excluding carboxylic acids is 1.